The lowest BCUT2D eigenvalue weighted by Crippen LogP contribution is -2.20. The molecule has 2 aromatic carbocycles. The van der Waals surface area contributed by atoms with Gasteiger partial charge in [0.1, 0.15) is 17.1 Å². The number of carboxylic acids is 1. The van der Waals surface area contributed by atoms with Gasteiger partial charge in [0.2, 0.25) is 0 Å². The number of ether oxygens (including phenoxy) is 2. The van der Waals surface area contributed by atoms with Crippen molar-refractivity contribution in [3.63, 3.8) is 0 Å². The first-order valence-corrected chi connectivity index (χ1v) is 7.93. The van der Waals surface area contributed by atoms with Crippen LogP contribution in [0.3, 0.4) is 0 Å². The third-order valence-corrected chi connectivity index (χ3v) is 3.77. The average molecular weight is 449 g/mol. The van der Waals surface area contributed by atoms with E-state index < -0.39 is 24.1 Å². The Morgan fingerprint density at radius 2 is 1.81 bits per heavy atom. The highest BCUT2D eigenvalue weighted by atomic mass is 79.9. The lowest BCUT2D eigenvalue weighted by atomic mass is 10.2. The second kappa shape index (κ2) is 8.16. The maximum atomic E-state index is 12.2. The largest absolute Gasteiger partial charge is 0.573 e. The predicted octanol–water partition coefficient (Wildman–Crippen LogP) is 4.70. The molecule has 0 aromatic heterocycles. The molecule has 11 heteroatoms. The topological polar surface area (TPSA) is 96.9 Å². The fourth-order valence-electron chi connectivity index (χ4n) is 2.02. The van der Waals surface area contributed by atoms with Crippen LogP contribution in [-0.4, -0.2) is 30.6 Å². The molecule has 2 aromatic rings. The third kappa shape index (κ3) is 5.78. The molecule has 3 N–H and O–H groups in total. The molecule has 0 unspecified atom stereocenters. The Labute approximate surface area is 159 Å². The van der Waals surface area contributed by atoms with Crippen molar-refractivity contribution in [2.75, 3.05) is 17.7 Å². The van der Waals surface area contributed by atoms with Gasteiger partial charge < -0.3 is 25.2 Å². The number of aromatic carboxylic acids is 1. The highest BCUT2D eigenvalue weighted by molar-refractivity contribution is 9.10. The summed E-state index contributed by atoms with van der Waals surface area (Å²) in [5, 5.41) is 13.9. The molecule has 144 valence electrons. The van der Waals surface area contributed by atoms with Crippen LogP contribution in [0.15, 0.2) is 40.9 Å². The molecule has 2 rings (SSSR count). The molecule has 0 radical (unpaired) electrons. The molecule has 0 atom stereocenters. The van der Waals surface area contributed by atoms with Gasteiger partial charge in [0.15, 0.2) is 0 Å². The number of halogens is 4. The molecule has 7 nitrogen and oxygen atoms in total. The zero-order valence-corrected chi connectivity index (χ0v) is 15.1. The van der Waals surface area contributed by atoms with E-state index in [9.17, 15) is 22.8 Å². The molecule has 0 aliphatic carbocycles. The van der Waals surface area contributed by atoms with Gasteiger partial charge in [-0.15, -0.1) is 13.2 Å². The van der Waals surface area contributed by atoms with Crippen LogP contribution in [0.4, 0.5) is 29.3 Å². The number of alkyl halides is 3. The van der Waals surface area contributed by atoms with Crippen molar-refractivity contribution >= 4 is 39.3 Å². The van der Waals surface area contributed by atoms with Crippen LogP contribution in [0.1, 0.15) is 10.4 Å². The Balaban J connectivity index is 2.08. The van der Waals surface area contributed by atoms with Gasteiger partial charge in [-0.1, -0.05) is 0 Å². The summed E-state index contributed by atoms with van der Waals surface area (Å²) in [6.07, 6.45) is -4.83. The normalized spacial score (nSPS) is 10.9. The summed E-state index contributed by atoms with van der Waals surface area (Å²) in [6, 6.07) is 6.55. The number of methoxy groups -OCH3 is 1. The number of urea groups is 1. The Morgan fingerprint density at radius 3 is 2.37 bits per heavy atom. The first kappa shape index (κ1) is 20.4. The van der Waals surface area contributed by atoms with Crippen molar-refractivity contribution in [1.82, 2.24) is 0 Å². The molecule has 2 amide bonds. The standard InChI is InChI=1S/C16H12BrF3N2O5/c1-26-13-6-8(2-4-10(13)14(23)24)21-15(25)22-12-5-3-9(7-11(12)17)27-16(18,19)20/h2-7H,1H3,(H,23,24)(H2,21,22,25). The van der Waals surface area contributed by atoms with Crippen LogP contribution in [-0.2, 0) is 0 Å². The quantitative estimate of drug-likeness (QED) is 0.615. The molecule has 0 aliphatic heterocycles. The Bertz CT molecular complexity index is 874. The summed E-state index contributed by atoms with van der Waals surface area (Å²) < 4.78 is 45.5. The van der Waals surface area contributed by atoms with E-state index in [2.05, 4.69) is 31.3 Å². The number of benzene rings is 2. The van der Waals surface area contributed by atoms with Crippen LogP contribution >= 0.6 is 15.9 Å². The lowest BCUT2D eigenvalue weighted by molar-refractivity contribution is -0.274. The molecule has 0 saturated heterocycles. The van der Waals surface area contributed by atoms with Gasteiger partial charge in [-0.05, 0) is 46.3 Å². The van der Waals surface area contributed by atoms with E-state index in [1.165, 1.54) is 31.4 Å². The summed E-state index contributed by atoms with van der Waals surface area (Å²) in [5.74, 6) is -1.59. The molecule has 0 aliphatic rings. The molecule has 0 fully saturated rings. The number of carboxylic acid groups (broad SMARTS) is 1. The zero-order chi connectivity index (χ0) is 20.2. The van der Waals surface area contributed by atoms with Crippen molar-refractivity contribution in [2.45, 2.75) is 6.36 Å². The highest BCUT2D eigenvalue weighted by Gasteiger charge is 2.31. The van der Waals surface area contributed by atoms with E-state index in [0.29, 0.717) is 0 Å². The Hall–Kier alpha value is -2.95. The summed E-state index contributed by atoms with van der Waals surface area (Å²) in [6.45, 7) is 0. The maximum absolute atomic E-state index is 12.2. The molecular weight excluding hydrogens is 437 g/mol. The first-order chi connectivity index (χ1) is 12.6. The van der Waals surface area contributed by atoms with Crippen molar-refractivity contribution in [1.29, 1.82) is 0 Å². The van der Waals surface area contributed by atoms with Crippen LogP contribution in [0.25, 0.3) is 0 Å². The summed E-state index contributed by atoms with van der Waals surface area (Å²) in [4.78, 5) is 23.1. The van der Waals surface area contributed by atoms with Crippen LogP contribution in [0, 0.1) is 0 Å². The smallest absolute Gasteiger partial charge is 0.496 e. The Kier molecular flexibility index (Phi) is 6.16. The number of hydrogen-bond donors (Lipinski definition) is 3. The molecule has 0 saturated carbocycles. The molecular formula is C16H12BrF3N2O5. The minimum atomic E-state index is -4.83. The van der Waals surface area contributed by atoms with E-state index in [1.54, 1.807) is 0 Å². The van der Waals surface area contributed by atoms with Gasteiger partial charge in [0, 0.05) is 16.2 Å². The third-order valence-electron chi connectivity index (χ3n) is 3.11. The van der Waals surface area contributed by atoms with Crippen LogP contribution in [0.5, 0.6) is 11.5 Å². The maximum Gasteiger partial charge on any atom is 0.573 e. The monoisotopic (exact) mass is 448 g/mol. The molecule has 0 bridgehead atoms. The fraction of sp³-hybridized carbons (Fsp3) is 0.125. The fourth-order valence-corrected chi connectivity index (χ4v) is 2.48. The minimum Gasteiger partial charge on any atom is -0.496 e. The van der Waals surface area contributed by atoms with E-state index in [-0.39, 0.29) is 27.2 Å². The number of amides is 2. The average Bonchev–Trinajstić information content (AvgIpc) is 2.55. The zero-order valence-electron chi connectivity index (χ0n) is 13.6. The predicted molar refractivity (Wildman–Crippen MR) is 93.4 cm³/mol. The van der Waals surface area contributed by atoms with Crippen molar-refractivity contribution in [2.24, 2.45) is 0 Å². The van der Waals surface area contributed by atoms with E-state index in [0.717, 1.165) is 12.1 Å². The number of nitrogens with one attached hydrogen (secondary N) is 2. The van der Waals surface area contributed by atoms with Gasteiger partial charge in [-0.3, -0.25) is 0 Å². The van der Waals surface area contributed by atoms with Gasteiger partial charge in [-0.2, -0.15) is 0 Å². The molecule has 27 heavy (non-hydrogen) atoms. The van der Waals surface area contributed by atoms with Crippen molar-refractivity contribution < 1.29 is 37.3 Å². The van der Waals surface area contributed by atoms with Crippen molar-refractivity contribution in [3.8, 4) is 11.5 Å². The summed E-state index contributed by atoms with van der Waals surface area (Å²) in [7, 11) is 1.29. The number of rotatable bonds is 5. The van der Waals surface area contributed by atoms with Gasteiger partial charge in [0.25, 0.3) is 0 Å². The van der Waals surface area contributed by atoms with Crippen molar-refractivity contribution in [3.05, 3.63) is 46.4 Å². The van der Waals surface area contributed by atoms with Gasteiger partial charge in [0.05, 0.1) is 12.8 Å². The summed E-state index contributed by atoms with van der Waals surface area (Å²) >= 11 is 3.04. The van der Waals surface area contributed by atoms with Crippen LogP contribution < -0.4 is 20.1 Å². The summed E-state index contributed by atoms with van der Waals surface area (Å²) in [5.41, 5.74) is 0.366. The first-order valence-electron chi connectivity index (χ1n) is 7.13. The van der Waals surface area contributed by atoms with E-state index in [1.807, 2.05) is 0 Å². The number of carbonyl (C=O) groups excluding carboxylic acids is 1. The van der Waals surface area contributed by atoms with Crippen LogP contribution in [0.2, 0.25) is 0 Å². The second-order valence-corrected chi connectivity index (χ2v) is 5.84. The SMILES string of the molecule is COc1cc(NC(=O)Nc2ccc(OC(F)(F)F)cc2Br)ccc1C(=O)O. The van der Waals surface area contributed by atoms with Gasteiger partial charge in [-0.25, -0.2) is 9.59 Å². The lowest BCUT2D eigenvalue weighted by Gasteiger charge is -2.13. The highest BCUT2D eigenvalue weighted by Crippen LogP contribution is 2.31. The van der Waals surface area contributed by atoms with E-state index in [4.69, 9.17) is 9.84 Å². The van der Waals surface area contributed by atoms with E-state index >= 15 is 0 Å². The molecule has 0 heterocycles. The number of carbonyl (C=O) groups is 2. The molecule has 0 spiro atoms. The number of hydrogen-bond acceptors (Lipinski definition) is 4. The minimum absolute atomic E-state index is 0.0510. The van der Waals surface area contributed by atoms with Gasteiger partial charge >= 0.3 is 18.4 Å². The number of anilines is 2. The second-order valence-electron chi connectivity index (χ2n) is 4.99. The Morgan fingerprint density at radius 1 is 1.11 bits per heavy atom.